The van der Waals surface area contributed by atoms with Crippen molar-refractivity contribution in [3.63, 3.8) is 0 Å². The highest BCUT2D eigenvalue weighted by Gasteiger charge is 2.28. The van der Waals surface area contributed by atoms with E-state index in [2.05, 4.69) is 10.1 Å². The summed E-state index contributed by atoms with van der Waals surface area (Å²) in [5.74, 6) is 0.00792. The fraction of sp³-hybridized carbons (Fsp3) is 0.438. The number of carbonyl (C=O) groups excluding carboxylic acids is 1. The molecule has 6 nitrogen and oxygen atoms in total. The summed E-state index contributed by atoms with van der Waals surface area (Å²) < 4.78 is 7.56. The van der Waals surface area contributed by atoms with E-state index in [9.17, 15) is 4.79 Å². The molecular weight excluding hydrogens is 280 g/mol. The standard InChI is InChI=1S/C16H20N4O2/c1-12(2)20-14(5-8-18-20)16(21)19-9-10-22-15(11-19)13-3-6-17-7-4-13/h3-8,12,15H,9-11H2,1-2H3. The van der Waals surface area contributed by atoms with Crippen LogP contribution < -0.4 is 0 Å². The maximum atomic E-state index is 12.8. The van der Waals surface area contributed by atoms with E-state index in [1.165, 1.54) is 0 Å². The molecule has 116 valence electrons. The molecule has 1 atom stereocenters. The first-order valence-electron chi connectivity index (χ1n) is 7.51. The molecule has 0 saturated carbocycles. The van der Waals surface area contributed by atoms with Crippen molar-refractivity contribution < 1.29 is 9.53 Å². The number of hydrogen-bond donors (Lipinski definition) is 0. The Hall–Kier alpha value is -2.21. The maximum Gasteiger partial charge on any atom is 0.272 e. The van der Waals surface area contributed by atoms with Gasteiger partial charge in [-0.2, -0.15) is 5.10 Å². The molecule has 3 heterocycles. The minimum atomic E-state index is -0.101. The number of hydrogen-bond acceptors (Lipinski definition) is 4. The highest BCUT2D eigenvalue weighted by atomic mass is 16.5. The summed E-state index contributed by atoms with van der Waals surface area (Å²) in [7, 11) is 0. The summed E-state index contributed by atoms with van der Waals surface area (Å²) in [6.45, 7) is 5.72. The smallest absolute Gasteiger partial charge is 0.272 e. The van der Waals surface area contributed by atoms with Gasteiger partial charge < -0.3 is 9.64 Å². The SMILES string of the molecule is CC(C)n1nccc1C(=O)N1CCOC(c2ccncc2)C1. The highest BCUT2D eigenvalue weighted by Crippen LogP contribution is 2.23. The zero-order valence-electron chi connectivity index (χ0n) is 12.8. The van der Waals surface area contributed by atoms with Crippen LogP contribution >= 0.6 is 0 Å². The van der Waals surface area contributed by atoms with Gasteiger partial charge in [-0.3, -0.25) is 14.5 Å². The second-order valence-corrected chi connectivity index (χ2v) is 5.65. The van der Waals surface area contributed by atoms with Crippen molar-refractivity contribution in [2.45, 2.75) is 26.0 Å². The molecule has 2 aromatic rings. The Labute approximate surface area is 129 Å². The molecule has 22 heavy (non-hydrogen) atoms. The van der Waals surface area contributed by atoms with Crippen molar-refractivity contribution >= 4 is 5.91 Å². The first kappa shape index (κ1) is 14.7. The molecule has 0 radical (unpaired) electrons. The molecular formula is C16H20N4O2. The number of rotatable bonds is 3. The van der Waals surface area contributed by atoms with Gasteiger partial charge in [-0.05, 0) is 37.6 Å². The Kier molecular flexibility index (Phi) is 4.20. The van der Waals surface area contributed by atoms with Crippen molar-refractivity contribution in [1.82, 2.24) is 19.7 Å². The van der Waals surface area contributed by atoms with E-state index >= 15 is 0 Å². The summed E-state index contributed by atoms with van der Waals surface area (Å²) in [6, 6.07) is 5.79. The minimum absolute atomic E-state index is 0.00792. The second-order valence-electron chi connectivity index (χ2n) is 5.65. The van der Waals surface area contributed by atoms with Gasteiger partial charge >= 0.3 is 0 Å². The molecule has 0 bridgehead atoms. The molecule has 3 rings (SSSR count). The first-order valence-corrected chi connectivity index (χ1v) is 7.51. The van der Waals surface area contributed by atoms with Gasteiger partial charge in [0.25, 0.3) is 5.91 Å². The lowest BCUT2D eigenvalue weighted by molar-refractivity contribution is -0.0232. The van der Waals surface area contributed by atoms with Crippen LogP contribution in [0.5, 0.6) is 0 Å². The third-order valence-electron chi connectivity index (χ3n) is 3.81. The van der Waals surface area contributed by atoms with Gasteiger partial charge in [0.15, 0.2) is 0 Å². The van der Waals surface area contributed by atoms with Crippen molar-refractivity contribution in [3.05, 3.63) is 48.0 Å². The maximum absolute atomic E-state index is 12.8. The molecule has 1 amide bonds. The van der Waals surface area contributed by atoms with Gasteiger partial charge in [0.05, 0.1) is 13.2 Å². The zero-order valence-corrected chi connectivity index (χ0v) is 12.8. The van der Waals surface area contributed by atoms with Gasteiger partial charge in [0, 0.05) is 31.2 Å². The summed E-state index contributed by atoms with van der Waals surface area (Å²) in [4.78, 5) is 18.6. The third kappa shape index (κ3) is 2.87. The summed E-state index contributed by atoms with van der Waals surface area (Å²) in [5.41, 5.74) is 1.68. The van der Waals surface area contributed by atoms with Gasteiger partial charge in [-0.1, -0.05) is 0 Å². The lowest BCUT2D eigenvalue weighted by Gasteiger charge is -2.33. The van der Waals surface area contributed by atoms with Crippen LogP contribution in [-0.4, -0.2) is 45.3 Å². The van der Waals surface area contributed by atoms with Gasteiger partial charge in [-0.25, -0.2) is 0 Å². The van der Waals surface area contributed by atoms with E-state index in [1.54, 1.807) is 29.3 Å². The number of aromatic nitrogens is 3. The molecule has 0 aromatic carbocycles. The summed E-state index contributed by atoms with van der Waals surface area (Å²) in [5, 5.41) is 4.24. The lowest BCUT2D eigenvalue weighted by Crippen LogP contribution is -2.43. The zero-order chi connectivity index (χ0) is 15.5. The van der Waals surface area contributed by atoms with Crippen molar-refractivity contribution in [3.8, 4) is 0 Å². The quantitative estimate of drug-likeness (QED) is 0.870. The normalized spacial score (nSPS) is 18.7. The van der Waals surface area contributed by atoms with Crippen LogP contribution in [0.15, 0.2) is 36.8 Å². The van der Waals surface area contributed by atoms with E-state index in [0.29, 0.717) is 25.4 Å². The fourth-order valence-electron chi connectivity index (χ4n) is 2.67. The molecule has 1 fully saturated rings. The van der Waals surface area contributed by atoms with Crippen molar-refractivity contribution in [2.24, 2.45) is 0 Å². The predicted octanol–water partition coefficient (Wildman–Crippen LogP) is 2.07. The molecule has 0 N–H and O–H groups in total. The van der Waals surface area contributed by atoms with E-state index in [4.69, 9.17) is 4.74 Å². The third-order valence-corrected chi connectivity index (χ3v) is 3.81. The van der Waals surface area contributed by atoms with Gasteiger partial charge in [0.1, 0.15) is 11.8 Å². The van der Waals surface area contributed by atoms with E-state index in [1.807, 2.05) is 30.9 Å². The fourth-order valence-corrected chi connectivity index (χ4v) is 2.67. The average molecular weight is 300 g/mol. The minimum Gasteiger partial charge on any atom is -0.370 e. The molecule has 1 unspecified atom stereocenters. The largest absolute Gasteiger partial charge is 0.370 e. The Balaban J connectivity index is 1.77. The van der Waals surface area contributed by atoms with Crippen LogP contribution in [0.4, 0.5) is 0 Å². The number of nitrogens with zero attached hydrogens (tertiary/aromatic N) is 4. The van der Waals surface area contributed by atoms with Crippen LogP contribution in [0.1, 0.15) is 42.0 Å². The number of amides is 1. The highest BCUT2D eigenvalue weighted by molar-refractivity contribution is 5.92. The van der Waals surface area contributed by atoms with E-state index in [0.717, 1.165) is 5.56 Å². The molecule has 6 heteroatoms. The number of pyridine rings is 1. The Morgan fingerprint density at radius 3 is 2.77 bits per heavy atom. The lowest BCUT2D eigenvalue weighted by atomic mass is 10.1. The van der Waals surface area contributed by atoms with Crippen molar-refractivity contribution in [1.29, 1.82) is 0 Å². The van der Waals surface area contributed by atoms with Crippen LogP contribution in [0.25, 0.3) is 0 Å². The molecule has 0 spiro atoms. The Morgan fingerprint density at radius 2 is 2.05 bits per heavy atom. The number of carbonyl (C=O) groups is 1. The Morgan fingerprint density at radius 1 is 1.27 bits per heavy atom. The first-order chi connectivity index (χ1) is 10.7. The van der Waals surface area contributed by atoms with E-state index in [-0.39, 0.29) is 18.1 Å². The van der Waals surface area contributed by atoms with Crippen molar-refractivity contribution in [2.75, 3.05) is 19.7 Å². The van der Waals surface area contributed by atoms with Crippen LogP contribution in [0.2, 0.25) is 0 Å². The molecule has 2 aromatic heterocycles. The monoisotopic (exact) mass is 300 g/mol. The average Bonchev–Trinajstić information content (AvgIpc) is 3.05. The van der Waals surface area contributed by atoms with Crippen LogP contribution in [0, 0.1) is 0 Å². The summed E-state index contributed by atoms with van der Waals surface area (Å²) in [6.07, 6.45) is 5.06. The van der Waals surface area contributed by atoms with Gasteiger partial charge in [-0.15, -0.1) is 0 Å². The summed E-state index contributed by atoms with van der Waals surface area (Å²) >= 11 is 0. The van der Waals surface area contributed by atoms with Crippen LogP contribution in [-0.2, 0) is 4.74 Å². The molecule has 0 aliphatic carbocycles. The topological polar surface area (TPSA) is 60.2 Å². The van der Waals surface area contributed by atoms with Crippen LogP contribution in [0.3, 0.4) is 0 Å². The molecule has 1 saturated heterocycles. The molecule has 1 aliphatic heterocycles. The molecule has 1 aliphatic rings. The van der Waals surface area contributed by atoms with E-state index < -0.39 is 0 Å². The second kappa shape index (κ2) is 6.27. The number of ether oxygens (including phenoxy) is 1. The van der Waals surface area contributed by atoms with Gasteiger partial charge in [0.2, 0.25) is 0 Å². The predicted molar refractivity (Wildman–Crippen MR) is 81.4 cm³/mol. The Bertz CT molecular complexity index is 639. The number of morpholine rings is 1.